The first-order valence-electron chi connectivity index (χ1n) is 6.85. The van der Waals surface area contributed by atoms with Gasteiger partial charge in [0.2, 0.25) is 0 Å². The van der Waals surface area contributed by atoms with Crippen LogP contribution in [0.25, 0.3) is 0 Å². The lowest BCUT2D eigenvalue weighted by molar-refractivity contribution is 0.145. The van der Waals surface area contributed by atoms with E-state index >= 15 is 0 Å². The third kappa shape index (κ3) is 3.08. The molecule has 0 bridgehead atoms. The van der Waals surface area contributed by atoms with Gasteiger partial charge in [-0.3, -0.25) is 0 Å². The molecule has 0 aliphatic carbocycles. The van der Waals surface area contributed by atoms with E-state index in [4.69, 9.17) is 0 Å². The molecule has 3 rings (SSSR count). The van der Waals surface area contributed by atoms with Crippen molar-refractivity contribution in [2.75, 3.05) is 23.3 Å². The van der Waals surface area contributed by atoms with Crippen molar-refractivity contribution in [1.82, 2.24) is 9.59 Å². The highest BCUT2D eigenvalue weighted by molar-refractivity contribution is 7.03. The van der Waals surface area contributed by atoms with E-state index in [1.165, 1.54) is 17.2 Å². The minimum atomic E-state index is -0.146. The molecule has 2 N–H and O–H groups in total. The van der Waals surface area contributed by atoms with Crippen molar-refractivity contribution in [2.45, 2.75) is 25.5 Å². The highest BCUT2D eigenvalue weighted by Crippen LogP contribution is 2.28. The van der Waals surface area contributed by atoms with Gasteiger partial charge in [-0.25, -0.2) is 0 Å². The minimum Gasteiger partial charge on any atom is -0.393 e. The Labute approximate surface area is 122 Å². The Bertz CT molecular complexity index is 538. The lowest BCUT2D eigenvalue weighted by atomic mass is 10.1. The van der Waals surface area contributed by atoms with E-state index in [0.29, 0.717) is 6.54 Å². The molecule has 0 saturated carbocycles. The second-order valence-corrected chi connectivity index (χ2v) is 5.59. The van der Waals surface area contributed by atoms with Crippen LogP contribution in [0.3, 0.4) is 0 Å². The third-order valence-electron chi connectivity index (χ3n) is 3.57. The number of anilines is 2. The molecular weight excluding hydrogens is 272 g/mol. The van der Waals surface area contributed by atoms with Crippen LogP contribution >= 0.6 is 11.5 Å². The quantitative estimate of drug-likeness (QED) is 0.903. The molecule has 5 nitrogen and oxygen atoms in total. The Balaban J connectivity index is 1.71. The number of aliphatic hydroxyl groups excluding tert-OH is 1. The molecule has 20 heavy (non-hydrogen) atoms. The maximum atomic E-state index is 9.62. The predicted molar refractivity (Wildman–Crippen MR) is 81.1 cm³/mol. The summed E-state index contributed by atoms with van der Waals surface area (Å²) < 4.78 is 3.87. The first-order chi connectivity index (χ1) is 9.83. The maximum absolute atomic E-state index is 9.62. The summed E-state index contributed by atoms with van der Waals surface area (Å²) in [5, 5.41) is 19.0. The van der Waals surface area contributed by atoms with Gasteiger partial charge in [-0.15, -0.1) is 5.10 Å². The summed E-state index contributed by atoms with van der Waals surface area (Å²) in [6, 6.07) is 8.29. The van der Waals surface area contributed by atoms with Crippen molar-refractivity contribution in [1.29, 1.82) is 0 Å². The van der Waals surface area contributed by atoms with Crippen molar-refractivity contribution in [2.24, 2.45) is 0 Å². The van der Waals surface area contributed by atoms with E-state index in [2.05, 4.69) is 38.0 Å². The number of hydrogen-bond acceptors (Lipinski definition) is 6. The SMILES string of the molecule is OC1CCN(c2ccccc2NCc2csnn2)CC1. The van der Waals surface area contributed by atoms with Gasteiger partial charge in [0.15, 0.2) is 0 Å². The van der Waals surface area contributed by atoms with Crippen LogP contribution in [0.5, 0.6) is 0 Å². The van der Waals surface area contributed by atoms with Gasteiger partial charge in [-0.2, -0.15) is 0 Å². The number of rotatable bonds is 4. The molecule has 1 aromatic heterocycles. The molecule has 1 aromatic carbocycles. The average molecular weight is 290 g/mol. The molecule has 1 saturated heterocycles. The van der Waals surface area contributed by atoms with E-state index in [1.807, 2.05) is 11.4 Å². The predicted octanol–water partition coefficient (Wildman–Crippen LogP) is 2.11. The van der Waals surface area contributed by atoms with Gasteiger partial charge in [0, 0.05) is 18.5 Å². The Hall–Kier alpha value is -1.66. The summed E-state index contributed by atoms with van der Waals surface area (Å²) in [6.07, 6.45) is 1.53. The lowest BCUT2D eigenvalue weighted by Crippen LogP contribution is -2.36. The molecular formula is C14H18N4OS. The largest absolute Gasteiger partial charge is 0.393 e. The van der Waals surface area contributed by atoms with Gasteiger partial charge in [0.25, 0.3) is 0 Å². The monoisotopic (exact) mass is 290 g/mol. The van der Waals surface area contributed by atoms with Crippen LogP contribution in [0.2, 0.25) is 0 Å². The number of nitrogens with zero attached hydrogens (tertiary/aromatic N) is 3. The number of hydrogen-bond donors (Lipinski definition) is 2. The molecule has 1 aliphatic rings. The van der Waals surface area contributed by atoms with Crippen LogP contribution in [-0.4, -0.2) is 33.9 Å². The smallest absolute Gasteiger partial charge is 0.0946 e. The highest BCUT2D eigenvalue weighted by Gasteiger charge is 2.19. The highest BCUT2D eigenvalue weighted by atomic mass is 32.1. The van der Waals surface area contributed by atoms with Gasteiger partial charge in [0.1, 0.15) is 0 Å². The summed E-state index contributed by atoms with van der Waals surface area (Å²) >= 11 is 1.37. The molecule has 0 spiro atoms. The Morgan fingerprint density at radius 3 is 2.85 bits per heavy atom. The summed E-state index contributed by atoms with van der Waals surface area (Å²) in [6.45, 7) is 2.49. The fourth-order valence-corrected chi connectivity index (χ4v) is 2.90. The number of piperidine rings is 1. The Morgan fingerprint density at radius 1 is 1.30 bits per heavy atom. The fraction of sp³-hybridized carbons (Fsp3) is 0.429. The normalized spacial score (nSPS) is 16.4. The van der Waals surface area contributed by atoms with Crippen molar-refractivity contribution in [3.8, 4) is 0 Å². The van der Waals surface area contributed by atoms with Gasteiger partial charge < -0.3 is 15.3 Å². The number of para-hydroxylation sites is 2. The molecule has 1 fully saturated rings. The Kier molecular flexibility index (Phi) is 4.13. The van der Waals surface area contributed by atoms with Crippen molar-refractivity contribution >= 4 is 22.9 Å². The van der Waals surface area contributed by atoms with Crippen LogP contribution in [0, 0.1) is 0 Å². The van der Waals surface area contributed by atoms with E-state index in [-0.39, 0.29) is 6.10 Å². The lowest BCUT2D eigenvalue weighted by Gasteiger charge is -2.32. The van der Waals surface area contributed by atoms with E-state index in [1.54, 1.807) is 0 Å². The van der Waals surface area contributed by atoms with Gasteiger partial charge in [0.05, 0.1) is 29.7 Å². The zero-order valence-corrected chi connectivity index (χ0v) is 12.0. The second kappa shape index (κ2) is 6.19. The van der Waals surface area contributed by atoms with Crippen LogP contribution < -0.4 is 10.2 Å². The van der Waals surface area contributed by atoms with E-state index in [0.717, 1.165) is 37.3 Å². The van der Waals surface area contributed by atoms with Crippen LogP contribution in [0.4, 0.5) is 11.4 Å². The molecule has 6 heteroatoms. The van der Waals surface area contributed by atoms with Crippen LogP contribution in [0.1, 0.15) is 18.5 Å². The summed E-state index contributed by atoms with van der Waals surface area (Å²) in [4.78, 5) is 2.33. The third-order valence-corrected chi connectivity index (χ3v) is 4.13. The molecule has 2 aromatic rings. The number of nitrogens with one attached hydrogen (secondary N) is 1. The standard InChI is InChI=1S/C14H18N4OS/c19-12-5-7-18(8-6-12)14-4-2-1-3-13(14)15-9-11-10-20-17-16-11/h1-4,10,12,15,19H,5-9H2. The van der Waals surface area contributed by atoms with E-state index < -0.39 is 0 Å². The van der Waals surface area contributed by atoms with Crippen molar-refractivity contribution in [3.63, 3.8) is 0 Å². The van der Waals surface area contributed by atoms with Crippen molar-refractivity contribution in [3.05, 3.63) is 35.3 Å². The molecule has 0 atom stereocenters. The number of aromatic nitrogens is 2. The summed E-state index contributed by atoms with van der Waals surface area (Å²) in [7, 11) is 0. The zero-order chi connectivity index (χ0) is 13.8. The minimum absolute atomic E-state index is 0.146. The molecule has 0 unspecified atom stereocenters. The zero-order valence-electron chi connectivity index (χ0n) is 11.2. The topological polar surface area (TPSA) is 61.3 Å². The van der Waals surface area contributed by atoms with Gasteiger partial charge >= 0.3 is 0 Å². The summed E-state index contributed by atoms with van der Waals surface area (Å²) in [5.41, 5.74) is 3.26. The number of benzene rings is 1. The van der Waals surface area contributed by atoms with Crippen molar-refractivity contribution < 1.29 is 5.11 Å². The first kappa shape index (κ1) is 13.3. The van der Waals surface area contributed by atoms with E-state index in [9.17, 15) is 5.11 Å². The summed E-state index contributed by atoms with van der Waals surface area (Å²) in [5.74, 6) is 0. The van der Waals surface area contributed by atoms with Gasteiger partial charge in [-0.05, 0) is 36.5 Å². The second-order valence-electron chi connectivity index (χ2n) is 4.99. The fourth-order valence-electron chi connectivity index (χ4n) is 2.45. The van der Waals surface area contributed by atoms with Gasteiger partial charge in [-0.1, -0.05) is 16.6 Å². The molecule has 0 radical (unpaired) electrons. The maximum Gasteiger partial charge on any atom is 0.0946 e. The number of aliphatic hydroxyl groups is 1. The first-order valence-corrected chi connectivity index (χ1v) is 7.68. The molecule has 106 valence electrons. The molecule has 2 heterocycles. The average Bonchev–Trinajstić information content (AvgIpc) is 3.00. The van der Waals surface area contributed by atoms with Crippen LogP contribution in [-0.2, 0) is 6.54 Å². The Morgan fingerprint density at radius 2 is 2.10 bits per heavy atom. The molecule has 0 amide bonds. The molecule has 1 aliphatic heterocycles. The van der Waals surface area contributed by atoms with Crippen LogP contribution in [0.15, 0.2) is 29.6 Å².